The maximum atomic E-state index is 12.6. The Kier molecular flexibility index (Phi) is 4.74. The number of nitrogens with one attached hydrogen (secondary N) is 1. The number of carbonyl (C=O) groups is 1. The minimum Gasteiger partial charge on any atom is -0.345 e. The second-order valence-electron chi connectivity index (χ2n) is 5.83. The molecule has 0 spiro atoms. The normalized spacial score (nSPS) is 12.1. The highest BCUT2D eigenvalue weighted by Gasteiger charge is 2.18. The molecule has 0 saturated carbocycles. The molecule has 3 aromatic rings. The average molecular weight is 323 g/mol. The third kappa shape index (κ3) is 3.71. The second-order valence-corrected chi connectivity index (χ2v) is 5.83. The predicted molar refractivity (Wildman–Crippen MR) is 91.4 cm³/mol. The molecule has 1 atom stereocenters. The highest BCUT2D eigenvalue weighted by molar-refractivity contribution is 5.95. The summed E-state index contributed by atoms with van der Waals surface area (Å²) in [7, 11) is 1.82. The van der Waals surface area contributed by atoms with Gasteiger partial charge in [0.25, 0.3) is 5.91 Å². The monoisotopic (exact) mass is 323 g/mol. The van der Waals surface area contributed by atoms with Crippen LogP contribution in [0.2, 0.25) is 0 Å². The molecule has 6 heteroatoms. The molecular weight excluding hydrogens is 302 g/mol. The van der Waals surface area contributed by atoms with Gasteiger partial charge in [0.05, 0.1) is 23.6 Å². The van der Waals surface area contributed by atoms with E-state index in [0.29, 0.717) is 5.56 Å². The van der Waals surface area contributed by atoms with Crippen LogP contribution in [0, 0.1) is 6.92 Å². The number of rotatable bonds is 6. The summed E-state index contributed by atoms with van der Waals surface area (Å²) >= 11 is 0. The molecule has 0 aliphatic heterocycles. The third-order valence-corrected chi connectivity index (χ3v) is 4.00. The molecule has 2 heterocycles. The minimum atomic E-state index is -0.0971. The highest BCUT2D eigenvalue weighted by Crippen LogP contribution is 2.19. The molecule has 1 amide bonds. The van der Waals surface area contributed by atoms with Gasteiger partial charge in [-0.05, 0) is 18.9 Å². The van der Waals surface area contributed by atoms with Crippen LogP contribution < -0.4 is 5.32 Å². The number of nitrogens with zero attached hydrogens (tertiary/aromatic N) is 4. The summed E-state index contributed by atoms with van der Waals surface area (Å²) in [6, 6.07) is 9.95. The fourth-order valence-corrected chi connectivity index (χ4v) is 2.76. The van der Waals surface area contributed by atoms with E-state index in [4.69, 9.17) is 0 Å². The molecule has 0 fully saturated rings. The first-order valence-corrected chi connectivity index (χ1v) is 7.95. The molecule has 0 radical (unpaired) electrons. The zero-order chi connectivity index (χ0) is 16.9. The van der Waals surface area contributed by atoms with Crippen molar-refractivity contribution in [2.75, 3.05) is 0 Å². The third-order valence-electron chi connectivity index (χ3n) is 4.00. The zero-order valence-electron chi connectivity index (χ0n) is 13.9. The Morgan fingerprint density at radius 2 is 2.08 bits per heavy atom. The first-order valence-electron chi connectivity index (χ1n) is 7.95. The van der Waals surface area contributed by atoms with Crippen molar-refractivity contribution in [3.63, 3.8) is 0 Å². The molecule has 0 aliphatic carbocycles. The van der Waals surface area contributed by atoms with Crippen molar-refractivity contribution < 1.29 is 4.79 Å². The lowest BCUT2D eigenvalue weighted by atomic mass is 10.0. The highest BCUT2D eigenvalue weighted by atomic mass is 16.1. The van der Waals surface area contributed by atoms with Gasteiger partial charge >= 0.3 is 0 Å². The van der Waals surface area contributed by atoms with Crippen molar-refractivity contribution in [1.82, 2.24) is 24.6 Å². The number of benzene rings is 1. The Bertz CT molecular complexity index is 792. The summed E-state index contributed by atoms with van der Waals surface area (Å²) in [6.07, 6.45) is 8.01. The number of hydrogen-bond donors (Lipinski definition) is 1. The van der Waals surface area contributed by atoms with Crippen LogP contribution >= 0.6 is 0 Å². The number of amides is 1. The summed E-state index contributed by atoms with van der Waals surface area (Å²) in [6.45, 7) is 2.63. The lowest BCUT2D eigenvalue weighted by molar-refractivity contribution is 0.0933. The van der Waals surface area contributed by atoms with Crippen molar-refractivity contribution in [3.05, 3.63) is 72.1 Å². The van der Waals surface area contributed by atoms with Crippen LogP contribution in [0.1, 0.15) is 34.1 Å². The zero-order valence-corrected chi connectivity index (χ0v) is 13.9. The van der Waals surface area contributed by atoms with Crippen LogP contribution in [0.15, 0.2) is 55.2 Å². The molecule has 1 unspecified atom stereocenters. The second kappa shape index (κ2) is 7.12. The van der Waals surface area contributed by atoms with E-state index < -0.39 is 0 Å². The lowest BCUT2D eigenvalue weighted by Gasteiger charge is -2.19. The Balaban J connectivity index is 1.76. The van der Waals surface area contributed by atoms with E-state index in [9.17, 15) is 4.79 Å². The lowest BCUT2D eigenvalue weighted by Crippen LogP contribution is -2.29. The minimum absolute atomic E-state index is 0.0688. The Hall–Kier alpha value is -2.89. The van der Waals surface area contributed by atoms with Crippen LogP contribution in [0.3, 0.4) is 0 Å². The van der Waals surface area contributed by atoms with Crippen molar-refractivity contribution >= 4 is 5.91 Å². The topological polar surface area (TPSA) is 64.7 Å². The van der Waals surface area contributed by atoms with E-state index in [1.165, 1.54) is 0 Å². The molecule has 1 N–H and O–H groups in total. The quantitative estimate of drug-likeness (QED) is 0.758. The van der Waals surface area contributed by atoms with Gasteiger partial charge in [-0.25, -0.2) is 4.98 Å². The predicted octanol–water partition coefficient (Wildman–Crippen LogP) is 2.49. The smallest absolute Gasteiger partial charge is 0.255 e. The van der Waals surface area contributed by atoms with Crippen molar-refractivity contribution in [1.29, 1.82) is 0 Å². The molecule has 1 aromatic carbocycles. The van der Waals surface area contributed by atoms with Crippen LogP contribution in [-0.4, -0.2) is 25.2 Å². The fraction of sp³-hybridized carbons (Fsp3) is 0.278. The number of aryl methyl sites for hydroxylation is 3. The summed E-state index contributed by atoms with van der Waals surface area (Å²) < 4.78 is 3.67. The van der Waals surface area contributed by atoms with E-state index in [-0.39, 0.29) is 11.9 Å². The Morgan fingerprint density at radius 1 is 1.29 bits per heavy atom. The van der Waals surface area contributed by atoms with Gasteiger partial charge in [-0.3, -0.25) is 9.48 Å². The molecule has 24 heavy (non-hydrogen) atoms. The summed E-state index contributed by atoms with van der Waals surface area (Å²) in [5.41, 5.74) is 2.44. The summed E-state index contributed by atoms with van der Waals surface area (Å²) in [4.78, 5) is 16.7. The van der Waals surface area contributed by atoms with Crippen molar-refractivity contribution in [3.8, 4) is 0 Å². The van der Waals surface area contributed by atoms with Gasteiger partial charge in [0, 0.05) is 32.2 Å². The SMILES string of the molecule is Cc1nn(C)cc1C(=O)NC(CCn1ccnc1)c1ccccc1. The van der Waals surface area contributed by atoms with E-state index in [1.807, 2.05) is 55.1 Å². The van der Waals surface area contributed by atoms with E-state index in [1.54, 1.807) is 23.4 Å². The van der Waals surface area contributed by atoms with Gasteiger partial charge in [-0.15, -0.1) is 0 Å². The largest absolute Gasteiger partial charge is 0.345 e. The van der Waals surface area contributed by atoms with Gasteiger partial charge in [-0.1, -0.05) is 30.3 Å². The summed E-state index contributed by atoms with van der Waals surface area (Å²) in [5, 5.41) is 7.38. The van der Waals surface area contributed by atoms with E-state index >= 15 is 0 Å². The molecule has 3 rings (SSSR count). The van der Waals surface area contributed by atoms with Gasteiger partial charge < -0.3 is 9.88 Å². The Morgan fingerprint density at radius 3 is 2.71 bits per heavy atom. The fourth-order valence-electron chi connectivity index (χ4n) is 2.76. The Labute approximate surface area is 141 Å². The molecular formula is C18H21N5O. The standard InChI is InChI=1S/C18H21N5O/c1-14-16(12-22(2)21-14)18(24)20-17(15-6-4-3-5-7-15)8-10-23-11-9-19-13-23/h3-7,9,11-13,17H,8,10H2,1-2H3,(H,20,24). The number of carbonyl (C=O) groups excluding carboxylic acids is 1. The van der Waals surface area contributed by atoms with Crippen LogP contribution in [0.5, 0.6) is 0 Å². The van der Waals surface area contributed by atoms with Gasteiger partial charge in [0.15, 0.2) is 0 Å². The van der Waals surface area contributed by atoms with E-state index in [0.717, 1.165) is 24.2 Å². The van der Waals surface area contributed by atoms with Gasteiger partial charge in [-0.2, -0.15) is 5.10 Å². The number of imidazole rings is 1. The van der Waals surface area contributed by atoms with Crippen LogP contribution in [0.4, 0.5) is 0 Å². The molecule has 2 aromatic heterocycles. The average Bonchev–Trinajstić information content (AvgIpc) is 3.21. The summed E-state index contributed by atoms with van der Waals surface area (Å²) in [5.74, 6) is -0.0971. The maximum Gasteiger partial charge on any atom is 0.255 e. The van der Waals surface area contributed by atoms with Crippen molar-refractivity contribution in [2.45, 2.75) is 25.9 Å². The van der Waals surface area contributed by atoms with Crippen molar-refractivity contribution in [2.24, 2.45) is 7.05 Å². The molecule has 0 aliphatic rings. The first kappa shape index (κ1) is 16.0. The van der Waals surface area contributed by atoms with Gasteiger partial charge in [0.2, 0.25) is 0 Å². The molecule has 124 valence electrons. The van der Waals surface area contributed by atoms with Crippen LogP contribution in [-0.2, 0) is 13.6 Å². The molecule has 0 saturated heterocycles. The van der Waals surface area contributed by atoms with E-state index in [2.05, 4.69) is 15.4 Å². The maximum absolute atomic E-state index is 12.6. The number of aromatic nitrogens is 4. The molecule has 6 nitrogen and oxygen atoms in total. The first-order chi connectivity index (χ1) is 11.6. The van der Waals surface area contributed by atoms with Crippen LogP contribution in [0.25, 0.3) is 0 Å². The van der Waals surface area contributed by atoms with Gasteiger partial charge in [0.1, 0.15) is 0 Å². The molecule has 0 bridgehead atoms. The number of hydrogen-bond acceptors (Lipinski definition) is 3.